The second-order valence-electron chi connectivity index (χ2n) is 6.51. The molecule has 0 aromatic carbocycles. The standard InChI is InChI=1S/C13H21NO5S/c1-13(2)9(10(13)12(16)17)11(15)14(8-4-5-8)6-7-20(3,18)19/h8-10H,4-7H2,1-3H3,(H,16,17)/t9-,10+/m1/s1. The second kappa shape index (κ2) is 4.72. The third-order valence-corrected chi connectivity index (χ3v) is 5.26. The normalized spacial score (nSPS) is 27.9. The summed E-state index contributed by atoms with van der Waals surface area (Å²) >= 11 is 0. The summed E-state index contributed by atoms with van der Waals surface area (Å²) < 4.78 is 22.5. The van der Waals surface area contributed by atoms with Gasteiger partial charge in [-0.3, -0.25) is 9.59 Å². The maximum Gasteiger partial charge on any atom is 0.307 e. The van der Waals surface area contributed by atoms with E-state index in [1.54, 1.807) is 18.7 Å². The van der Waals surface area contributed by atoms with Crippen LogP contribution in [0.25, 0.3) is 0 Å². The van der Waals surface area contributed by atoms with Crippen LogP contribution < -0.4 is 0 Å². The van der Waals surface area contributed by atoms with Crippen LogP contribution in [0.4, 0.5) is 0 Å². The smallest absolute Gasteiger partial charge is 0.307 e. The molecule has 6 nitrogen and oxygen atoms in total. The zero-order chi connectivity index (χ0) is 15.3. The van der Waals surface area contributed by atoms with E-state index in [-0.39, 0.29) is 24.2 Å². The molecule has 0 saturated heterocycles. The summed E-state index contributed by atoms with van der Waals surface area (Å²) in [6, 6.07) is 0.0927. The molecular weight excluding hydrogens is 282 g/mol. The van der Waals surface area contributed by atoms with Crippen molar-refractivity contribution in [3.63, 3.8) is 0 Å². The lowest BCUT2D eigenvalue weighted by molar-refractivity contribution is -0.142. The van der Waals surface area contributed by atoms with Gasteiger partial charge in [0.1, 0.15) is 9.84 Å². The van der Waals surface area contributed by atoms with Crippen molar-refractivity contribution < 1.29 is 23.1 Å². The van der Waals surface area contributed by atoms with Crippen LogP contribution in [0, 0.1) is 17.3 Å². The number of hydrogen-bond donors (Lipinski definition) is 1. The van der Waals surface area contributed by atoms with E-state index in [2.05, 4.69) is 0 Å². The van der Waals surface area contributed by atoms with Crippen LogP contribution in [0.1, 0.15) is 26.7 Å². The highest BCUT2D eigenvalue weighted by atomic mass is 32.2. The number of carboxylic acids is 1. The molecule has 0 radical (unpaired) electrons. The van der Waals surface area contributed by atoms with Gasteiger partial charge in [0, 0.05) is 18.8 Å². The number of hydrogen-bond acceptors (Lipinski definition) is 4. The van der Waals surface area contributed by atoms with Crippen molar-refractivity contribution in [2.75, 3.05) is 18.6 Å². The Morgan fingerprint density at radius 3 is 2.15 bits per heavy atom. The Hall–Kier alpha value is -1.11. The van der Waals surface area contributed by atoms with E-state index in [0.717, 1.165) is 19.1 Å². The van der Waals surface area contributed by atoms with Gasteiger partial charge in [-0.2, -0.15) is 0 Å². The fourth-order valence-corrected chi connectivity index (χ4v) is 3.39. The van der Waals surface area contributed by atoms with Gasteiger partial charge in [-0.05, 0) is 18.3 Å². The summed E-state index contributed by atoms with van der Waals surface area (Å²) in [5.41, 5.74) is -0.541. The van der Waals surface area contributed by atoms with Gasteiger partial charge in [0.15, 0.2) is 0 Å². The van der Waals surface area contributed by atoms with Gasteiger partial charge < -0.3 is 10.0 Å². The number of carbonyl (C=O) groups is 2. The van der Waals surface area contributed by atoms with E-state index in [9.17, 15) is 18.0 Å². The van der Waals surface area contributed by atoms with Crippen LogP contribution in [-0.4, -0.2) is 54.9 Å². The summed E-state index contributed by atoms with van der Waals surface area (Å²) in [5.74, 6) is -2.41. The Labute approximate surface area is 119 Å². The van der Waals surface area contributed by atoms with Crippen molar-refractivity contribution >= 4 is 21.7 Å². The van der Waals surface area contributed by atoms with Crippen LogP contribution in [0.2, 0.25) is 0 Å². The van der Waals surface area contributed by atoms with Gasteiger partial charge in [0.05, 0.1) is 17.6 Å². The van der Waals surface area contributed by atoms with Gasteiger partial charge in [-0.25, -0.2) is 8.42 Å². The Balaban J connectivity index is 2.07. The molecule has 114 valence electrons. The molecule has 7 heteroatoms. The lowest BCUT2D eigenvalue weighted by Gasteiger charge is -2.22. The van der Waals surface area contributed by atoms with Crippen LogP contribution in [0.15, 0.2) is 0 Å². The average Bonchev–Trinajstić information content (AvgIpc) is 3.12. The summed E-state index contributed by atoms with van der Waals surface area (Å²) in [5, 5.41) is 9.14. The zero-order valence-corrected chi connectivity index (χ0v) is 12.8. The third kappa shape index (κ3) is 2.97. The maximum atomic E-state index is 12.5. The van der Waals surface area contributed by atoms with E-state index in [1.807, 2.05) is 0 Å². The molecule has 2 rings (SSSR count). The van der Waals surface area contributed by atoms with Crippen LogP contribution in [0.5, 0.6) is 0 Å². The predicted molar refractivity (Wildman–Crippen MR) is 72.8 cm³/mol. The largest absolute Gasteiger partial charge is 0.481 e. The Morgan fingerprint density at radius 2 is 1.80 bits per heavy atom. The lowest BCUT2D eigenvalue weighted by Crippen LogP contribution is -2.39. The highest BCUT2D eigenvalue weighted by Crippen LogP contribution is 2.59. The fourth-order valence-electron chi connectivity index (χ4n) is 2.86. The zero-order valence-electron chi connectivity index (χ0n) is 12.0. The predicted octanol–water partition coefficient (Wildman–Crippen LogP) is 0.379. The van der Waals surface area contributed by atoms with Crippen LogP contribution in [0.3, 0.4) is 0 Å². The Morgan fingerprint density at radius 1 is 1.25 bits per heavy atom. The molecule has 2 atom stereocenters. The summed E-state index contributed by atoms with van der Waals surface area (Å²) in [4.78, 5) is 25.2. The fraction of sp³-hybridized carbons (Fsp3) is 0.846. The Bertz CT molecular complexity index is 535. The van der Waals surface area contributed by atoms with E-state index in [4.69, 9.17) is 5.11 Å². The number of carboxylic acid groups (broad SMARTS) is 1. The van der Waals surface area contributed by atoms with Crippen molar-refractivity contribution in [1.29, 1.82) is 0 Å². The monoisotopic (exact) mass is 303 g/mol. The third-order valence-electron chi connectivity index (χ3n) is 4.33. The molecule has 2 aliphatic carbocycles. The van der Waals surface area contributed by atoms with Crippen molar-refractivity contribution in [3.05, 3.63) is 0 Å². The first-order valence-electron chi connectivity index (χ1n) is 6.76. The SMILES string of the molecule is CC1(C)[C@H](C(=O)O)[C@@H]1C(=O)N(CCS(C)(=O)=O)C1CC1. The quantitative estimate of drug-likeness (QED) is 0.766. The summed E-state index contributed by atoms with van der Waals surface area (Å²) in [6.07, 6.45) is 2.89. The minimum Gasteiger partial charge on any atom is -0.481 e. The number of sulfone groups is 1. The van der Waals surface area contributed by atoms with Crippen molar-refractivity contribution in [3.8, 4) is 0 Å². The minimum atomic E-state index is -3.13. The molecule has 1 N–H and O–H groups in total. The van der Waals surface area contributed by atoms with Gasteiger partial charge in [0.25, 0.3) is 0 Å². The molecule has 0 aliphatic heterocycles. The Kier molecular flexibility index (Phi) is 3.60. The van der Waals surface area contributed by atoms with E-state index in [1.165, 1.54) is 0 Å². The molecular formula is C13H21NO5S. The molecule has 0 unspecified atom stereocenters. The molecule has 2 saturated carbocycles. The second-order valence-corrected chi connectivity index (χ2v) is 8.77. The molecule has 0 spiro atoms. The van der Waals surface area contributed by atoms with Crippen LogP contribution >= 0.6 is 0 Å². The molecule has 0 heterocycles. The van der Waals surface area contributed by atoms with E-state index >= 15 is 0 Å². The molecule has 0 aromatic heterocycles. The first kappa shape index (κ1) is 15.3. The average molecular weight is 303 g/mol. The van der Waals surface area contributed by atoms with Crippen LogP contribution in [-0.2, 0) is 19.4 Å². The van der Waals surface area contributed by atoms with Gasteiger partial charge in [-0.1, -0.05) is 13.8 Å². The number of amides is 1. The minimum absolute atomic E-state index is 0.0693. The van der Waals surface area contributed by atoms with Crippen molar-refractivity contribution in [2.24, 2.45) is 17.3 Å². The number of carbonyl (C=O) groups excluding carboxylic acids is 1. The maximum absolute atomic E-state index is 12.5. The number of nitrogens with zero attached hydrogens (tertiary/aromatic N) is 1. The van der Waals surface area contributed by atoms with Crippen molar-refractivity contribution in [2.45, 2.75) is 32.7 Å². The highest BCUT2D eigenvalue weighted by Gasteiger charge is 2.67. The van der Waals surface area contributed by atoms with E-state index in [0.29, 0.717) is 0 Å². The highest BCUT2D eigenvalue weighted by molar-refractivity contribution is 7.90. The lowest BCUT2D eigenvalue weighted by atomic mass is 10.1. The molecule has 2 fully saturated rings. The first-order chi connectivity index (χ1) is 9.05. The molecule has 20 heavy (non-hydrogen) atoms. The van der Waals surface area contributed by atoms with Crippen molar-refractivity contribution in [1.82, 2.24) is 4.90 Å². The molecule has 0 aromatic rings. The van der Waals surface area contributed by atoms with E-state index < -0.39 is 33.1 Å². The summed E-state index contributed by atoms with van der Waals surface area (Å²) in [7, 11) is -3.13. The van der Waals surface area contributed by atoms with Gasteiger partial charge in [0.2, 0.25) is 5.91 Å². The molecule has 0 bridgehead atoms. The molecule has 1 amide bonds. The first-order valence-corrected chi connectivity index (χ1v) is 8.83. The topological polar surface area (TPSA) is 91.8 Å². The number of aliphatic carboxylic acids is 1. The summed E-state index contributed by atoms with van der Waals surface area (Å²) in [6.45, 7) is 3.72. The molecule has 2 aliphatic rings. The number of rotatable bonds is 6. The van der Waals surface area contributed by atoms with Gasteiger partial charge >= 0.3 is 5.97 Å². The van der Waals surface area contributed by atoms with Gasteiger partial charge in [-0.15, -0.1) is 0 Å².